The van der Waals surface area contributed by atoms with E-state index in [1.54, 1.807) is 11.3 Å². The average Bonchev–Trinajstić information content (AvgIpc) is 2.55. The van der Waals surface area contributed by atoms with Crippen molar-refractivity contribution in [3.8, 4) is 0 Å². The van der Waals surface area contributed by atoms with E-state index in [1.165, 1.54) is 18.4 Å². The van der Waals surface area contributed by atoms with E-state index in [9.17, 15) is 0 Å². The van der Waals surface area contributed by atoms with Crippen LogP contribution < -0.4 is 5.73 Å². The molecular weight excluding hydrogens is 192 g/mol. The Morgan fingerprint density at radius 1 is 1.57 bits per heavy atom. The topological polar surface area (TPSA) is 29.3 Å². The lowest BCUT2D eigenvalue weighted by atomic mass is 9.78. The Morgan fingerprint density at radius 2 is 2.43 bits per heavy atom. The summed E-state index contributed by atoms with van der Waals surface area (Å²) >= 11 is 1.77. The van der Waals surface area contributed by atoms with Gasteiger partial charge in [-0.25, -0.2) is 0 Å². The van der Waals surface area contributed by atoms with Gasteiger partial charge in [-0.2, -0.15) is 11.3 Å². The zero-order chi connectivity index (χ0) is 9.97. The van der Waals surface area contributed by atoms with Gasteiger partial charge in [0.05, 0.1) is 0 Å². The summed E-state index contributed by atoms with van der Waals surface area (Å²) in [5.74, 6) is 0.735. The van der Waals surface area contributed by atoms with E-state index in [1.807, 2.05) is 0 Å². The Bertz CT molecular complexity index is 269. The van der Waals surface area contributed by atoms with E-state index >= 15 is 0 Å². The molecule has 78 valence electrons. The fraction of sp³-hybridized carbons (Fsp3) is 0.636. The highest BCUT2D eigenvalue weighted by molar-refractivity contribution is 7.07. The maximum absolute atomic E-state index is 5.71. The van der Waals surface area contributed by atoms with E-state index in [4.69, 9.17) is 5.73 Å². The molecule has 3 heteroatoms. The summed E-state index contributed by atoms with van der Waals surface area (Å²) in [6.07, 6.45) is 2.64. The van der Waals surface area contributed by atoms with Crippen LogP contribution in [0.5, 0.6) is 0 Å². The molecule has 14 heavy (non-hydrogen) atoms. The summed E-state index contributed by atoms with van der Waals surface area (Å²) in [4.78, 5) is 2.45. The Kier molecular flexibility index (Phi) is 3.21. The maximum atomic E-state index is 5.71. The van der Waals surface area contributed by atoms with Crippen LogP contribution in [0.15, 0.2) is 16.8 Å². The third kappa shape index (κ3) is 2.00. The molecule has 0 radical (unpaired) electrons. The van der Waals surface area contributed by atoms with Gasteiger partial charge in [-0.3, -0.25) is 4.90 Å². The van der Waals surface area contributed by atoms with Gasteiger partial charge in [0.15, 0.2) is 0 Å². The van der Waals surface area contributed by atoms with Crippen LogP contribution >= 0.6 is 11.3 Å². The second-order valence-corrected chi connectivity index (χ2v) is 4.97. The normalized spacial score (nSPS) is 26.5. The van der Waals surface area contributed by atoms with Crippen LogP contribution in [0.2, 0.25) is 0 Å². The summed E-state index contributed by atoms with van der Waals surface area (Å²) in [5.41, 5.74) is 7.14. The Hall–Kier alpha value is -0.380. The van der Waals surface area contributed by atoms with Crippen LogP contribution in [0.4, 0.5) is 0 Å². The molecule has 2 atom stereocenters. The first-order valence-electron chi connectivity index (χ1n) is 5.22. The quantitative estimate of drug-likeness (QED) is 0.822. The number of nitrogens with two attached hydrogens (primary N) is 1. The van der Waals surface area contributed by atoms with Crippen molar-refractivity contribution < 1.29 is 0 Å². The molecule has 2 rings (SSSR count). The molecule has 0 aliphatic heterocycles. The minimum absolute atomic E-state index is 0.722. The summed E-state index contributed by atoms with van der Waals surface area (Å²) in [7, 11) is 2.21. The van der Waals surface area contributed by atoms with Gasteiger partial charge < -0.3 is 5.73 Å². The zero-order valence-corrected chi connectivity index (χ0v) is 9.46. The summed E-state index contributed by atoms with van der Waals surface area (Å²) in [6, 6.07) is 2.93. The van der Waals surface area contributed by atoms with Crippen molar-refractivity contribution in [2.45, 2.75) is 25.4 Å². The first kappa shape index (κ1) is 10.1. The molecule has 1 fully saturated rings. The van der Waals surface area contributed by atoms with E-state index < -0.39 is 0 Å². The molecule has 1 aliphatic rings. The fourth-order valence-corrected chi connectivity index (χ4v) is 2.85. The fourth-order valence-electron chi connectivity index (χ4n) is 2.19. The number of rotatable bonds is 4. The molecule has 2 unspecified atom stereocenters. The first-order chi connectivity index (χ1) is 6.81. The zero-order valence-electron chi connectivity index (χ0n) is 8.65. The molecule has 0 aromatic carbocycles. The molecule has 0 amide bonds. The van der Waals surface area contributed by atoms with Gasteiger partial charge in [-0.05, 0) is 54.7 Å². The van der Waals surface area contributed by atoms with Crippen LogP contribution in [0.25, 0.3) is 0 Å². The molecule has 1 heterocycles. The maximum Gasteiger partial charge on any atom is 0.0242 e. The second-order valence-electron chi connectivity index (χ2n) is 4.19. The second kappa shape index (κ2) is 4.43. The highest BCUT2D eigenvalue weighted by Gasteiger charge is 2.32. The standard InChI is InChI=1S/C11H18N2S/c1-13(7-9-4-5-14-8-9)11-3-2-10(11)6-12/h4-5,8,10-11H,2-3,6-7,12H2,1H3. The summed E-state index contributed by atoms with van der Waals surface area (Å²) in [5, 5.41) is 4.37. The van der Waals surface area contributed by atoms with E-state index in [-0.39, 0.29) is 0 Å². The van der Waals surface area contributed by atoms with Crippen LogP contribution in [0.3, 0.4) is 0 Å². The molecule has 1 saturated carbocycles. The Morgan fingerprint density at radius 3 is 2.93 bits per heavy atom. The summed E-state index contributed by atoms with van der Waals surface area (Å²) < 4.78 is 0. The summed E-state index contributed by atoms with van der Waals surface area (Å²) in [6.45, 7) is 1.92. The van der Waals surface area contributed by atoms with Gasteiger partial charge in [0.2, 0.25) is 0 Å². The molecule has 0 spiro atoms. The van der Waals surface area contributed by atoms with Gasteiger partial charge in [-0.1, -0.05) is 0 Å². The average molecular weight is 210 g/mol. The third-order valence-electron chi connectivity index (χ3n) is 3.26. The van der Waals surface area contributed by atoms with E-state index in [0.717, 1.165) is 25.0 Å². The van der Waals surface area contributed by atoms with E-state index in [0.29, 0.717) is 0 Å². The van der Waals surface area contributed by atoms with Gasteiger partial charge in [-0.15, -0.1) is 0 Å². The monoisotopic (exact) mass is 210 g/mol. The first-order valence-corrected chi connectivity index (χ1v) is 6.17. The highest BCUT2D eigenvalue weighted by atomic mass is 32.1. The van der Waals surface area contributed by atoms with Gasteiger partial charge >= 0.3 is 0 Å². The third-order valence-corrected chi connectivity index (χ3v) is 3.99. The van der Waals surface area contributed by atoms with Crippen molar-refractivity contribution in [2.24, 2.45) is 11.7 Å². The van der Waals surface area contributed by atoms with Gasteiger partial charge in [0, 0.05) is 12.6 Å². The van der Waals surface area contributed by atoms with Crippen LogP contribution in [-0.4, -0.2) is 24.5 Å². The lowest BCUT2D eigenvalue weighted by molar-refractivity contribution is 0.0838. The minimum atomic E-state index is 0.722. The number of hydrogen-bond acceptors (Lipinski definition) is 3. The van der Waals surface area contributed by atoms with Crippen LogP contribution in [0, 0.1) is 5.92 Å². The molecular formula is C11H18N2S. The SMILES string of the molecule is CN(Cc1ccsc1)C1CCC1CN. The lowest BCUT2D eigenvalue weighted by Gasteiger charge is -2.42. The number of thiophene rings is 1. The smallest absolute Gasteiger partial charge is 0.0242 e. The van der Waals surface area contributed by atoms with Crippen molar-refractivity contribution in [3.05, 3.63) is 22.4 Å². The molecule has 0 bridgehead atoms. The van der Waals surface area contributed by atoms with Crippen LogP contribution in [0.1, 0.15) is 18.4 Å². The minimum Gasteiger partial charge on any atom is -0.330 e. The molecule has 1 aromatic rings. The molecule has 2 nitrogen and oxygen atoms in total. The molecule has 2 N–H and O–H groups in total. The van der Waals surface area contributed by atoms with Crippen LogP contribution in [-0.2, 0) is 6.54 Å². The Labute approximate surface area is 89.7 Å². The molecule has 0 saturated heterocycles. The Balaban J connectivity index is 1.86. The highest BCUT2D eigenvalue weighted by Crippen LogP contribution is 2.31. The number of hydrogen-bond donors (Lipinski definition) is 1. The van der Waals surface area contributed by atoms with Crippen molar-refractivity contribution in [1.29, 1.82) is 0 Å². The predicted octanol–water partition coefficient (Wildman–Crippen LogP) is 1.92. The van der Waals surface area contributed by atoms with Gasteiger partial charge in [0.25, 0.3) is 0 Å². The van der Waals surface area contributed by atoms with E-state index in [2.05, 4.69) is 28.8 Å². The van der Waals surface area contributed by atoms with Gasteiger partial charge in [0.1, 0.15) is 0 Å². The number of nitrogens with zero attached hydrogens (tertiary/aromatic N) is 1. The van der Waals surface area contributed by atoms with Crippen molar-refractivity contribution in [2.75, 3.05) is 13.6 Å². The predicted molar refractivity (Wildman–Crippen MR) is 61.4 cm³/mol. The largest absolute Gasteiger partial charge is 0.330 e. The van der Waals surface area contributed by atoms with Crippen molar-refractivity contribution in [3.63, 3.8) is 0 Å². The lowest BCUT2D eigenvalue weighted by Crippen LogP contribution is -2.47. The van der Waals surface area contributed by atoms with Crippen molar-refractivity contribution >= 4 is 11.3 Å². The molecule has 1 aromatic heterocycles. The molecule has 1 aliphatic carbocycles. The van der Waals surface area contributed by atoms with Crippen molar-refractivity contribution in [1.82, 2.24) is 4.90 Å².